The highest BCUT2D eigenvalue weighted by Gasteiger charge is 2.28. The lowest BCUT2D eigenvalue weighted by Crippen LogP contribution is -2.45. The number of nitrogens with one attached hydrogen (secondary N) is 1. The van der Waals surface area contributed by atoms with Gasteiger partial charge in [-0.2, -0.15) is 5.26 Å². The second-order valence-corrected chi connectivity index (χ2v) is 8.25. The fourth-order valence-corrected chi connectivity index (χ4v) is 4.40. The van der Waals surface area contributed by atoms with Crippen molar-refractivity contribution in [1.82, 2.24) is 30.2 Å². The topological polar surface area (TPSA) is 109 Å². The molecule has 0 aliphatic carbocycles. The van der Waals surface area contributed by atoms with Crippen molar-refractivity contribution in [2.45, 2.75) is 33.0 Å². The maximum atomic E-state index is 11.8. The average Bonchev–Trinajstić information content (AvgIpc) is 3.41. The fourth-order valence-electron chi connectivity index (χ4n) is 4.40. The number of benzene rings is 1. The Bertz CT molecular complexity index is 1240. The molecule has 32 heavy (non-hydrogen) atoms. The molecule has 2 aromatic heterocycles. The largest absolute Gasteiger partial charge is 0.457 e. The number of pyridine rings is 1. The number of nitrogens with zero attached hydrogens (tertiary/aromatic N) is 6. The summed E-state index contributed by atoms with van der Waals surface area (Å²) in [6.07, 6.45) is 3.44. The Morgan fingerprint density at radius 2 is 2.22 bits per heavy atom. The molecule has 0 amide bonds. The SMILES string of the molecule is Cc1cc(-n2cc(CN3CCNC(c4ccc5c(c4C)COC5=O)C3)nn2)ncc1C#N. The molecule has 0 spiro atoms. The van der Waals surface area contributed by atoms with Gasteiger partial charge in [0.15, 0.2) is 5.82 Å². The van der Waals surface area contributed by atoms with Crippen molar-refractivity contribution in [3.05, 3.63) is 69.7 Å². The van der Waals surface area contributed by atoms with Crippen LogP contribution in [-0.4, -0.2) is 50.5 Å². The minimum Gasteiger partial charge on any atom is -0.457 e. The van der Waals surface area contributed by atoms with Crippen LogP contribution < -0.4 is 5.32 Å². The Morgan fingerprint density at radius 1 is 1.34 bits per heavy atom. The highest BCUT2D eigenvalue weighted by atomic mass is 16.5. The smallest absolute Gasteiger partial charge is 0.338 e. The van der Waals surface area contributed by atoms with Gasteiger partial charge in [-0.15, -0.1) is 5.10 Å². The minimum absolute atomic E-state index is 0.169. The number of fused-ring (bicyclic) bond motifs is 1. The number of aryl methyl sites for hydroxylation is 1. The molecule has 9 heteroatoms. The molecule has 0 radical (unpaired) electrons. The lowest BCUT2D eigenvalue weighted by Gasteiger charge is -2.34. The van der Waals surface area contributed by atoms with E-state index in [1.807, 2.05) is 31.3 Å². The number of carbonyl (C=O) groups is 1. The molecule has 9 nitrogen and oxygen atoms in total. The van der Waals surface area contributed by atoms with Crippen LogP contribution in [-0.2, 0) is 17.9 Å². The van der Waals surface area contributed by atoms with Crippen molar-refractivity contribution in [2.75, 3.05) is 19.6 Å². The normalized spacial score (nSPS) is 18.3. The summed E-state index contributed by atoms with van der Waals surface area (Å²) >= 11 is 0. The minimum atomic E-state index is -0.233. The van der Waals surface area contributed by atoms with E-state index in [2.05, 4.69) is 38.5 Å². The zero-order chi connectivity index (χ0) is 22.2. The number of esters is 1. The molecule has 1 aromatic carbocycles. The van der Waals surface area contributed by atoms with Crippen molar-refractivity contribution >= 4 is 5.97 Å². The predicted octanol–water partition coefficient (Wildman–Crippen LogP) is 1.97. The fraction of sp³-hybridized carbons (Fsp3) is 0.348. The van der Waals surface area contributed by atoms with E-state index in [-0.39, 0.29) is 12.0 Å². The Kier molecular flexibility index (Phi) is 5.17. The lowest BCUT2D eigenvalue weighted by atomic mass is 9.93. The molecule has 3 aromatic rings. The third-order valence-electron chi connectivity index (χ3n) is 6.22. The Labute approximate surface area is 185 Å². The van der Waals surface area contributed by atoms with Crippen molar-refractivity contribution in [2.24, 2.45) is 0 Å². The van der Waals surface area contributed by atoms with Crippen molar-refractivity contribution in [1.29, 1.82) is 5.26 Å². The standard InChI is InChI=1S/C23H23N7O2/c1-14-7-22(26-9-16(14)8-24)30-11-17(27-28-30)10-29-6-5-25-21(12-29)18-3-4-19-20(15(18)2)13-32-23(19)31/h3-4,7,9,11,21,25H,5-6,10,12-13H2,1-2H3. The van der Waals surface area contributed by atoms with Gasteiger partial charge in [0.05, 0.1) is 23.0 Å². The Hall–Kier alpha value is -3.61. The first kappa shape index (κ1) is 20.3. The van der Waals surface area contributed by atoms with E-state index in [0.717, 1.165) is 42.0 Å². The second kappa shape index (κ2) is 8.15. The molecule has 0 bridgehead atoms. The summed E-state index contributed by atoms with van der Waals surface area (Å²) in [7, 11) is 0. The summed E-state index contributed by atoms with van der Waals surface area (Å²) < 4.78 is 6.84. The molecule has 1 atom stereocenters. The molecule has 1 unspecified atom stereocenters. The van der Waals surface area contributed by atoms with Crippen molar-refractivity contribution in [3.8, 4) is 11.9 Å². The number of rotatable bonds is 4. The van der Waals surface area contributed by atoms with Crippen LogP contribution >= 0.6 is 0 Å². The Morgan fingerprint density at radius 3 is 3.03 bits per heavy atom. The van der Waals surface area contributed by atoms with Gasteiger partial charge in [0, 0.05) is 44.0 Å². The van der Waals surface area contributed by atoms with E-state index in [4.69, 9.17) is 10.00 Å². The molecule has 0 saturated carbocycles. The molecule has 2 aliphatic heterocycles. The van der Waals surface area contributed by atoms with Gasteiger partial charge in [-0.05, 0) is 42.7 Å². The van der Waals surface area contributed by atoms with Crippen molar-refractivity contribution < 1.29 is 9.53 Å². The first-order chi connectivity index (χ1) is 15.5. The number of carbonyl (C=O) groups excluding carboxylic acids is 1. The van der Waals surface area contributed by atoms with Gasteiger partial charge in [-0.1, -0.05) is 11.3 Å². The molecule has 1 fully saturated rings. The number of ether oxygens (including phenoxy) is 1. The quantitative estimate of drug-likeness (QED) is 0.627. The monoisotopic (exact) mass is 429 g/mol. The summed E-state index contributed by atoms with van der Waals surface area (Å²) in [5.41, 5.74) is 6.28. The van der Waals surface area contributed by atoms with Crippen molar-refractivity contribution in [3.63, 3.8) is 0 Å². The van der Waals surface area contributed by atoms with Gasteiger partial charge in [-0.3, -0.25) is 4.90 Å². The second-order valence-electron chi connectivity index (χ2n) is 8.25. The van der Waals surface area contributed by atoms with Crippen LogP contribution in [0.3, 0.4) is 0 Å². The summed E-state index contributed by atoms with van der Waals surface area (Å²) in [4.78, 5) is 18.5. The van der Waals surface area contributed by atoms with E-state index in [9.17, 15) is 4.79 Å². The molecule has 5 rings (SSSR count). The molecular weight excluding hydrogens is 406 g/mol. The first-order valence-electron chi connectivity index (χ1n) is 10.6. The van der Waals surface area contributed by atoms with Crippen LogP contribution in [0.5, 0.6) is 0 Å². The van der Waals surface area contributed by atoms with E-state index in [0.29, 0.717) is 30.1 Å². The zero-order valence-corrected chi connectivity index (χ0v) is 18.0. The molecule has 4 heterocycles. The van der Waals surface area contributed by atoms with Gasteiger partial charge in [-0.25, -0.2) is 14.5 Å². The average molecular weight is 429 g/mol. The van der Waals surface area contributed by atoms with Crippen LogP contribution in [0.15, 0.2) is 30.6 Å². The lowest BCUT2D eigenvalue weighted by molar-refractivity contribution is 0.0535. The Balaban J connectivity index is 1.30. The van der Waals surface area contributed by atoms with Gasteiger partial charge < -0.3 is 10.1 Å². The third kappa shape index (κ3) is 3.64. The highest BCUT2D eigenvalue weighted by molar-refractivity contribution is 5.94. The van der Waals surface area contributed by atoms with Gasteiger partial charge in [0.1, 0.15) is 12.7 Å². The summed E-state index contributed by atoms with van der Waals surface area (Å²) in [6.45, 7) is 7.58. The zero-order valence-electron chi connectivity index (χ0n) is 18.0. The number of cyclic esters (lactones) is 1. The molecule has 1 saturated heterocycles. The molecule has 2 aliphatic rings. The number of piperazine rings is 1. The van der Waals surface area contributed by atoms with E-state index < -0.39 is 0 Å². The van der Waals surface area contributed by atoms with Crippen LogP contribution in [0, 0.1) is 25.2 Å². The number of aromatic nitrogens is 4. The van der Waals surface area contributed by atoms with Gasteiger partial charge in [0.25, 0.3) is 0 Å². The van der Waals surface area contributed by atoms with Crippen LogP contribution in [0.1, 0.15) is 49.9 Å². The highest BCUT2D eigenvalue weighted by Crippen LogP contribution is 2.30. The molecular formula is C23H23N7O2. The van der Waals surface area contributed by atoms with Crippen LogP contribution in [0.4, 0.5) is 0 Å². The number of hydrogen-bond acceptors (Lipinski definition) is 8. The molecule has 162 valence electrons. The summed E-state index contributed by atoms with van der Waals surface area (Å²) in [5.74, 6) is 0.409. The number of hydrogen-bond donors (Lipinski definition) is 1. The summed E-state index contributed by atoms with van der Waals surface area (Å²) in [5, 5.41) is 21.2. The van der Waals surface area contributed by atoms with Gasteiger partial charge in [0.2, 0.25) is 0 Å². The molecule has 1 N–H and O–H groups in total. The number of nitriles is 1. The summed E-state index contributed by atoms with van der Waals surface area (Å²) in [6, 6.07) is 8.05. The first-order valence-corrected chi connectivity index (χ1v) is 10.6. The van der Waals surface area contributed by atoms with E-state index >= 15 is 0 Å². The van der Waals surface area contributed by atoms with Crippen LogP contribution in [0.25, 0.3) is 5.82 Å². The predicted molar refractivity (Wildman–Crippen MR) is 115 cm³/mol. The van der Waals surface area contributed by atoms with Gasteiger partial charge >= 0.3 is 5.97 Å². The van der Waals surface area contributed by atoms with E-state index in [1.54, 1.807) is 10.9 Å². The van der Waals surface area contributed by atoms with Crippen LogP contribution in [0.2, 0.25) is 0 Å². The maximum Gasteiger partial charge on any atom is 0.338 e. The van der Waals surface area contributed by atoms with E-state index in [1.165, 1.54) is 5.56 Å². The maximum absolute atomic E-state index is 11.8. The third-order valence-corrected chi connectivity index (χ3v) is 6.22.